The van der Waals surface area contributed by atoms with E-state index >= 15 is 0 Å². The Balaban J connectivity index is 1.29. The van der Waals surface area contributed by atoms with Crippen LogP contribution in [0.1, 0.15) is 0 Å². The topological polar surface area (TPSA) is 82.9 Å². The van der Waals surface area contributed by atoms with Crippen LogP contribution in [-0.4, -0.2) is 53.8 Å². The van der Waals surface area contributed by atoms with Crippen molar-refractivity contribution in [3.8, 4) is 27.7 Å². The summed E-state index contributed by atoms with van der Waals surface area (Å²) in [5.41, 5.74) is 1.36. The minimum Gasteiger partial charge on any atom is -0.497 e. The Morgan fingerprint density at radius 1 is 1.21 bits per heavy atom. The number of hydrogen-bond acceptors (Lipinski definition) is 7. The Hall–Kier alpha value is -3.85. The second kappa shape index (κ2) is 9.18. The van der Waals surface area contributed by atoms with Crippen LogP contribution in [-0.2, 0) is 11.3 Å². The molecule has 0 aliphatic carbocycles. The molecule has 1 atom stereocenters. The third-order valence-electron chi connectivity index (χ3n) is 5.65. The number of carbonyl (C=O) groups is 1. The number of methoxy groups -OCH3 is 1. The Labute approximate surface area is 199 Å². The number of rotatable bonds is 6. The van der Waals surface area contributed by atoms with Gasteiger partial charge in [0.15, 0.2) is 17.6 Å². The number of para-hydroxylation sites is 2. The summed E-state index contributed by atoms with van der Waals surface area (Å²) < 4.78 is 18.7. The molecule has 2 aromatic carbocycles. The number of fused-ring (bicyclic) bond motifs is 2. The van der Waals surface area contributed by atoms with E-state index in [9.17, 15) is 9.59 Å². The van der Waals surface area contributed by atoms with Crippen LogP contribution in [0.3, 0.4) is 0 Å². The summed E-state index contributed by atoms with van der Waals surface area (Å²) in [6, 6.07) is 17.0. The second-order valence-electron chi connectivity index (χ2n) is 8.00. The molecule has 1 aliphatic rings. The van der Waals surface area contributed by atoms with Gasteiger partial charge in [0, 0.05) is 11.9 Å². The molecule has 5 rings (SSSR count). The quantitative estimate of drug-likeness (QED) is 0.423. The smallest absolute Gasteiger partial charge is 0.271 e. The van der Waals surface area contributed by atoms with Gasteiger partial charge in [-0.05, 0) is 48.0 Å². The number of nitrogens with zero attached hydrogens (tertiary/aromatic N) is 3. The summed E-state index contributed by atoms with van der Waals surface area (Å²) >= 11 is 1.36. The van der Waals surface area contributed by atoms with Crippen molar-refractivity contribution in [3.63, 3.8) is 0 Å². The lowest BCUT2D eigenvalue weighted by molar-refractivity contribution is -0.132. The van der Waals surface area contributed by atoms with Gasteiger partial charge in [-0.2, -0.15) is 0 Å². The van der Waals surface area contributed by atoms with E-state index in [1.807, 2.05) is 54.6 Å². The fourth-order valence-corrected chi connectivity index (χ4v) is 4.85. The van der Waals surface area contributed by atoms with Gasteiger partial charge in [-0.15, -0.1) is 11.3 Å². The van der Waals surface area contributed by atoms with Crippen LogP contribution in [0.5, 0.6) is 17.2 Å². The fraction of sp³-hybridized carbons (Fsp3) is 0.240. The van der Waals surface area contributed by atoms with Crippen molar-refractivity contribution in [2.45, 2.75) is 12.6 Å². The Bertz CT molecular complexity index is 1400. The van der Waals surface area contributed by atoms with Crippen molar-refractivity contribution < 1.29 is 19.0 Å². The first-order valence-electron chi connectivity index (χ1n) is 10.8. The van der Waals surface area contributed by atoms with Gasteiger partial charge >= 0.3 is 0 Å². The molecule has 174 valence electrons. The molecule has 1 aliphatic heterocycles. The molecule has 2 aromatic heterocycles. The third-order valence-corrected chi connectivity index (χ3v) is 6.82. The molecular formula is C25H23N3O5S. The molecule has 0 unspecified atom stereocenters. The molecule has 0 saturated heterocycles. The number of carbonyl (C=O) groups excluding carboxylic acids is 1. The molecule has 4 aromatic rings. The maximum Gasteiger partial charge on any atom is 0.271 e. The fourth-order valence-electron chi connectivity index (χ4n) is 3.78. The molecule has 9 heteroatoms. The van der Waals surface area contributed by atoms with Gasteiger partial charge in [-0.25, -0.2) is 4.98 Å². The summed E-state index contributed by atoms with van der Waals surface area (Å²) in [5.74, 6) is 1.92. The van der Waals surface area contributed by atoms with Crippen molar-refractivity contribution in [3.05, 3.63) is 71.3 Å². The number of hydrogen-bond donors (Lipinski definition) is 0. The van der Waals surface area contributed by atoms with Crippen molar-refractivity contribution in [1.82, 2.24) is 14.5 Å². The average Bonchev–Trinajstić information content (AvgIpc) is 3.31. The van der Waals surface area contributed by atoms with E-state index in [0.717, 1.165) is 16.2 Å². The lowest BCUT2D eigenvalue weighted by Crippen LogP contribution is -2.43. The van der Waals surface area contributed by atoms with Crippen molar-refractivity contribution in [2.24, 2.45) is 0 Å². The molecule has 0 saturated carbocycles. The van der Waals surface area contributed by atoms with Gasteiger partial charge in [0.2, 0.25) is 5.91 Å². The second-order valence-corrected chi connectivity index (χ2v) is 9.06. The van der Waals surface area contributed by atoms with Crippen LogP contribution in [0.25, 0.3) is 20.7 Å². The van der Waals surface area contributed by atoms with Crippen LogP contribution >= 0.6 is 11.3 Å². The van der Waals surface area contributed by atoms with Crippen LogP contribution in [0.15, 0.2) is 65.7 Å². The molecule has 0 spiro atoms. The van der Waals surface area contributed by atoms with E-state index < -0.39 is 0 Å². The minimum atomic E-state index is -0.287. The minimum absolute atomic E-state index is 0.0990. The molecule has 34 heavy (non-hydrogen) atoms. The first-order valence-corrected chi connectivity index (χ1v) is 11.6. The van der Waals surface area contributed by atoms with Gasteiger partial charge in [0.05, 0.1) is 25.5 Å². The van der Waals surface area contributed by atoms with Gasteiger partial charge < -0.3 is 19.1 Å². The predicted molar refractivity (Wildman–Crippen MR) is 130 cm³/mol. The van der Waals surface area contributed by atoms with Crippen LogP contribution in [0, 0.1) is 0 Å². The monoisotopic (exact) mass is 477 g/mol. The zero-order chi connectivity index (χ0) is 23.7. The van der Waals surface area contributed by atoms with Crippen molar-refractivity contribution in [1.29, 1.82) is 0 Å². The van der Waals surface area contributed by atoms with E-state index in [1.54, 1.807) is 19.1 Å². The maximum atomic E-state index is 13.1. The highest BCUT2D eigenvalue weighted by atomic mass is 32.1. The van der Waals surface area contributed by atoms with E-state index in [1.165, 1.54) is 22.2 Å². The van der Waals surface area contributed by atoms with E-state index in [0.29, 0.717) is 34.9 Å². The van der Waals surface area contributed by atoms with Gasteiger partial charge in [0.1, 0.15) is 23.6 Å². The SMILES string of the molecule is COc1ccc(-c2cc3ncn(CC(=O)N(C)C[C@H]4COc5ccccc5O4)c(=O)c3s2)cc1. The third kappa shape index (κ3) is 4.34. The average molecular weight is 478 g/mol. The van der Waals surface area contributed by atoms with Gasteiger partial charge in [0.25, 0.3) is 5.56 Å². The van der Waals surface area contributed by atoms with Crippen LogP contribution in [0.4, 0.5) is 0 Å². The van der Waals surface area contributed by atoms with E-state index in [4.69, 9.17) is 14.2 Å². The summed E-state index contributed by atoms with van der Waals surface area (Å²) in [4.78, 5) is 32.8. The number of likely N-dealkylation sites (N-methyl/N-ethyl adjacent to an activating group) is 1. The molecular weight excluding hydrogens is 454 g/mol. The number of benzene rings is 2. The lowest BCUT2D eigenvalue weighted by atomic mass is 10.2. The standard InChI is InChI=1S/C25H23N3O5S/c1-27(12-18-14-32-20-5-3-4-6-21(20)33-18)23(29)13-28-15-26-19-11-22(34-24(19)25(28)30)16-7-9-17(31-2)10-8-16/h3-11,15,18H,12-14H2,1-2H3/t18-/m0/s1. The maximum absolute atomic E-state index is 13.1. The largest absolute Gasteiger partial charge is 0.497 e. The lowest BCUT2D eigenvalue weighted by Gasteiger charge is -2.29. The van der Waals surface area contributed by atoms with Gasteiger partial charge in [-0.1, -0.05) is 12.1 Å². The molecule has 0 N–H and O–H groups in total. The zero-order valence-corrected chi connectivity index (χ0v) is 19.6. The molecule has 3 heterocycles. The van der Waals surface area contributed by atoms with Crippen molar-refractivity contribution in [2.75, 3.05) is 27.3 Å². The first kappa shape index (κ1) is 22.0. The summed E-state index contributed by atoms with van der Waals surface area (Å²) in [6.07, 6.45) is 1.14. The highest BCUT2D eigenvalue weighted by Gasteiger charge is 2.24. The summed E-state index contributed by atoms with van der Waals surface area (Å²) in [5, 5.41) is 0. The molecule has 0 bridgehead atoms. The van der Waals surface area contributed by atoms with E-state index in [2.05, 4.69) is 4.98 Å². The molecule has 8 nitrogen and oxygen atoms in total. The highest BCUT2D eigenvalue weighted by molar-refractivity contribution is 7.22. The number of amides is 1. The van der Waals surface area contributed by atoms with Crippen molar-refractivity contribution >= 4 is 27.5 Å². The number of ether oxygens (including phenoxy) is 3. The zero-order valence-electron chi connectivity index (χ0n) is 18.8. The van der Waals surface area contributed by atoms with E-state index in [-0.39, 0.29) is 24.1 Å². The highest BCUT2D eigenvalue weighted by Crippen LogP contribution is 2.32. The number of thiophene rings is 1. The summed E-state index contributed by atoms with van der Waals surface area (Å²) in [7, 11) is 3.31. The van der Waals surface area contributed by atoms with Gasteiger partial charge in [-0.3, -0.25) is 14.2 Å². The first-order chi connectivity index (χ1) is 16.5. The Morgan fingerprint density at radius 2 is 1.97 bits per heavy atom. The Kier molecular flexibility index (Phi) is 5.93. The van der Waals surface area contributed by atoms with Crippen LogP contribution in [0.2, 0.25) is 0 Å². The molecule has 0 fully saturated rings. The Morgan fingerprint density at radius 3 is 2.74 bits per heavy atom. The number of aromatic nitrogens is 2. The van der Waals surface area contributed by atoms with Crippen LogP contribution < -0.4 is 19.8 Å². The predicted octanol–water partition coefficient (Wildman–Crippen LogP) is 3.43. The normalized spacial score (nSPS) is 14.7. The molecule has 0 radical (unpaired) electrons. The summed E-state index contributed by atoms with van der Waals surface area (Å²) in [6.45, 7) is 0.599. The molecule has 1 amide bonds.